The maximum atomic E-state index is 13.9. The molecule has 0 radical (unpaired) electrons. The second-order valence-corrected chi connectivity index (χ2v) is 8.45. The molecule has 6 nitrogen and oxygen atoms in total. The maximum absolute atomic E-state index is 13.9. The predicted octanol–water partition coefficient (Wildman–Crippen LogP) is 2.52. The smallest absolute Gasteiger partial charge is 0.245 e. The third-order valence-electron chi connectivity index (χ3n) is 6.35. The Bertz CT molecular complexity index is 721. The van der Waals surface area contributed by atoms with Gasteiger partial charge in [-0.2, -0.15) is 0 Å². The molecular weight excluding hydrogens is 385 g/mol. The maximum Gasteiger partial charge on any atom is 0.245 e. The van der Waals surface area contributed by atoms with Gasteiger partial charge in [0.1, 0.15) is 11.9 Å². The quantitative estimate of drug-likeness (QED) is 0.617. The lowest BCUT2D eigenvalue weighted by molar-refractivity contribution is -0.143. The third-order valence-corrected chi connectivity index (χ3v) is 6.35. The van der Waals surface area contributed by atoms with Gasteiger partial charge in [-0.1, -0.05) is 18.2 Å². The monoisotopic (exact) mass is 419 g/mol. The van der Waals surface area contributed by atoms with E-state index in [0.29, 0.717) is 45.1 Å². The van der Waals surface area contributed by atoms with Crippen LogP contribution in [0.1, 0.15) is 38.2 Å². The molecule has 2 heterocycles. The molecule has 1 aromatic rings. The lowest BCUT2D eigenvalue weighted by Gasteiger charge is -2.36. The second kappa shape index (κ2) is 10.9. The molecule has 2 amide bonds. The van der Waals surface area contributed by atoms with E-state index in [2.05, 4.69) is 4.90 Å². The van der Waals surface area contributed by atoms with Gasteiger partial charge >= 0.3 is 0 Å². The molecule has 0 aliphatic carbocycles. The molecule has 0 N–H and O–H groups in total. The molecule has 3 rings (SSSR count). The third kappa shape index (κ3) is 5.79. The van der Waals surface area contributed by atoms with Crippen molar-refractivity contribution < 1.29 is 18.7 Å². The van der Waals surface area contributed by atoms with Crippen molar-refractivity contribution in [2.75, 3.05) is 46.4 Å². The van der Waals surface area contributed by atoms with Crippen LogP contribution in [0.4, 0.5) is 4.39 Å². The largest absolute Gasteiger partial charge is 0.383 e. The normalized spacial score (nSPS) is 19.3. The topological polar surface area (TPSA) is 53.1 Å². The molecule has 7 heteroatoms. The van der Waals surface area contributed by atoms with Crippen molar-refractivity contribution in [1.82, 2.24) is 14.7 Å². The first-order valence-corrected chi connectivity index (χ1v) is 11.0. The minimum atomic E-state index is -0.419. The van der Waals surface area contributed by atoms with Crippen molar-refractivity contribution >= 4 is 11.8 Å². The zero-order valence-corrected chi connectivity index (χ0v) is 18.2. The molecule has 0 bridgehead atoms. The average molecular weight is 420 g/mol. The SMILES string of the molecule is COCCN(CC1CCN(Cc2ccccc2F)CC1)C(=O)[C@@H](C)N1CCCC1=O. The van der Waals surface area contributed by atoms with Crippen molar-refractivity contribution in [3.8, 4) is 0 Å². The molecule has 2 saturated heterocycles. The van der Waals surface area contributed by atoms with Crippen molar-refractivity contribution in [2.45, 2.75) is 45.2 Å². The first kappa shape index (κ1) is 22.7. The van der Waals surface area contributed by atoms with Crippen LogP contribution < -0.4 is 0 Å². The van der Waals surface area contributed by atoms with Gasteiger partial charge in [-0.3, -0.25) is 14.5 Å². The molecule has 0 aromatic heterocycles. The Morgan fingerprint density at radius 3 is 2.63 bits per heavy atom. The number of carbonyl (C=O) groups excluding carboxylic acids is 2. The van der Waals surface area contributed by atoms with E-state index < -0.39 is 6.04 Å². The van der Waals surface area contributed by atoms with Gasteiger partial charge in [0.2, 0.25) is 11.8 Å². The Morgan fingerprint density at radius 1 is 1.27 bits per heavy atom. The summed E-state index contributed by atoms with van der Waals surface area (Å²) in [6, 6.07) is 6.52. The van der Waals surface area contributed by atoms with Crippen LogP contribution in [0.25, 0.3) is 0 Å². The number of halogens is 1. The van der Waals surface area contributed by atoms with Crippen LogP contribution in [0.15, 0.2) is 24.3 Å². The zero-order chi connectivity index (χ0) is 21.5. The van der Waals surface area contributed by atoms with Crippen molar-refractivity contribution in [1.29, 1.82) is 0 Å². The fraction of sp³-hybridized carbons (Fsp3) is 0.652. The molecule has 30 heavy (non-hydrogen) atoms. The molecule has 166 valence electrons. The highest BCUT2D eigenvalue weighted by Gasteiger charge is 2.33. The van der Waals surface area contributed by atoms with Gasteiger partial charge in [-0.25, -0.2) is 4.39 Å². The minimum Gasteiger partial charge on any atom is -0.383 e. The molecule has 2 aliphatic heterocycles. The molecule has 2 aliphatic rings. The summed E-state index contributed by atoms with van der Waals surface area (Å²) in [6.07, 6.45) is 3.32. The summed E-state index contributed by atoms with van der Waals surface area (Å²) in [7, 11) is 1.64. The Labute approximate surface area is 179 Å². The van der Waals surface area contributed by atoms with Crippen LogP contribution in [0.3, 0.4) is 0 Å². The van der Waals surface area contributed by atoms with Crippen LogP contribution in [0.2, 0.25) is 0 Å². The Balaban J connectivity index is 1.53. The Hall–Kier alpha value is -1.99. The lowest BCUT2D eigenvalue weighted by Crippen LogP contribution is -2.50. The lowest BCUT2D eigenvalue weighted by atomic mass is 9.95. The number of ether oxygens (including phenoxy) is 1. The van der Waals surface area contributed by atoms with Gasteiger partial charge in [0.05, 0.1) is 6.61 Å². The van der Waals surface area contributed by atoms with Crippen molar-refractivity contribution in [2.24, 2.45) is 5.92 Å². The highest BCUT2D eigenvalue weighted by Crippen LogP contribution is 2.22. The van der Waals surface area contributed by atoms with E-state index in [1.54, 1.807) is 18.1 Å². The van der Waals surface area contributed by atoms with E-state index in [9.17, 15) is 14.0 Å². The summed E-state index contributed by atoms with van der Waals surface area (Å²) >= 11 is 0. The van der Waals surface area contributed by atoms with Crippen LogP contribution in [-0.4, -0.2) is 79.0 Å². The number of carbonyl (C=O) groups is 2. The van der Waals surface area contributed by atoms with E-state index in [-0.39, 0.29) is 17.6 Å². The number of methoxy groups -OCH3 is 1. The first-order valence-electron chi connectivity index (χ1n) is 11.0. The number of benzene rings is 1. The van der Waals surface area contributed by atoms with Crippen LogP contribution in [0.5, 0.6) is 0 Å². The molecule has 0 unspecified atom stereocenters. The van der Waals surface area contributed by atoms with Gasteiger partial charge in [-0.15, -0.1) is 0 Å². The van der Waals surface area contributed by atoms with E-state index in [4.69, 9.17) is 4.74 Å². The average Bonchev–Trinajstić information content (AvgIpc) is 3.18. The number of likely N-dealkylation sites (tertiary alicyclic amines) is 2. The highest BCUT2D eigenvalue weighted by molar-refractivity contribution is 5.88. The van der Waals surface area contributed by atoms with Gasteiger partial charge < -0.3 is 14.5 Å². The summed E-state index contributed by atoms with van der Waals surface area (Å²) in [6.45, 7) is 6.62. The Kier molecular flexibility index (Phi) is 8.22. The van der Waals surface area contributed by atoms with Crippen LogP contribution in [-0.2, 0) is 20.9 Å². The van der Waals surface area contributed by atoms with E-state index in [1.165, 1.54) is 6.07 Å². The van der Waals surface area contributed by atoms with Crippen molar-refractivity contribution in [3.63, 3.8) is 0 Å². The Morgan fingerprint density at radius 2 is 2.00 bits per heavy atom. The highest BCUT2D eigenvalue weighted by atomic mass is 19.1. The summed E-state index contributed by atoms with van der Waals surface area (Å²) < 4.78 is 19.1. The molecule has 2 fully saturated rings. The predicted molar refractivity (Wildman–Crippen MR) is 113 cm³/mol. The number of rotatable bonds is 9. The van der Waals surface area contributed by atoms with Gasteiger partial charge in [0.25, 0.3) is 0 Å². The number of piperidine rings is 1. The summed E-state index contributed by atoms with van der Waals surface area (Å²) in [5, 5.41) is 0. The molecule has 1 aromatic carbocycles. The first-order chi connectivity index (χ1) is 14.5. The molecule has 1 atom stereocenters. The number of amides is 2. The summed E-state index contributed by atoms with van der Waals surface area (Å²) in [5.74, 6) is 0.339. The fourth-order valence-electron chi connectivity index (χ4n) is 4.48. The van der Waals surface area contributed by atoms with Gasteiger partial charge in [-0.05, 0) is 51.3 Å². The fourth-order valence-corrected chi connectivity index (χ4v) is 4.48. The molecular formula is C23H34FN3O3. The standard InChI is InChI=1S/C23H34FN3O3/c1-18(27-11-5-8-22(27)28)23(29)26(14-15-30-2)16-19-9-12-25(13-10-19)17-20-6-3-4-7-21(20)24/h3-4,6-7,18-19H,5,8-17H2,1-2H3/t18-/m1/s1. The van der Waals surface area contributed by atoms with Gasteiger partial charge in [0.15, 0.2) is 0 Å². The minimum absolute atomic E-state index is 0.0103. The van der Waals surface area contributed by atoms with Crippen molar-refractivity contribution in [3.05, 3.63) is 35.6 Å². The van der Waals surface area contributed by atoms with Crippen LogP contribution in [0, 0.1) is 11.7 Å². The molecule has 0 spiro atoms. The zero-order valence-electron chi connectivity index (χ0n) is 18.2. The number of nitrogens with zero attached hydrogens (tertiary/aromatic N) is 3. The summed E-state index contributed by atoms with van der Waals surface area (Å²) in [4.78, 5) is 31.0. The second-order valence-electron chi connectivity index (χ2n) is 8.45. The molecule has 0 saturated carbocycles. The number of hydrogen-bond donors (Lipinski definition) is 0. The number of hydrogen-bond acceptors (Lipinski definition) is 4. The van der Waals surface area contributed by atoms with E-state index in [1.807, 2.05) is 24.0 Å². The summed E-state index contributed by atoms with van der Waals surface area (Å²) in [5.41, 5.74) is 0.733. The van der Waals surface area contributed by atoms with E-state index in [0.717, 1.165) is 37.9 Å². The van der Waals surface area contributed by atoms with Crippen LogP contribution >= 0.6 is 0 Å². The van der Waals surface area contributed by atoms with Gasteiger partial charge in [0, 0.05) is 45.3 Å². The van der Waals surface area contributed by atoms with E-state index >= 15 is 0 Å².